The first-order valence-electron chi connectivity index (χ1n) is 4.30. The van der Waals surface area contributed by atoms with Crippen LogP contribution in [0.1, 0.15) is 17.3 Å². The van der Waals surface area contributed by atoms with Gasteiger partial charge in [0.25, 0.3) is 5.91 Å². The fourth-order valence-electron chi connectivity index (χ4n) is 0.971. The molecule has 1 aromatic rings. The highest BCUT2D eigenvalue weighted by Crippen LogP contribution is 2.11. The van der Waals surface area contributed by atoms with Crippen LogP contribution in [-0.4, -0.2) is 23.0 Å². The molecule has 5 heteroatoms. The molecule has 0 radical (unpaired) electrons. The summed E-state index contributed by atoms with van der Waals surface area (Å²) in [5, 5.41) is 11.0. The Morgan fingerprint density at radius 2 is 2.13 bits per heavy atom. The molecule has 0 bridgehead atoms. The largest absolute Gasteiger partial charge is 0.480 e. The number of carboxylic acids is 1. The first kappa shape index (κ1) is 11.7. The van der Waals surface area contributed by atoms with E-state index in [0.717, 1.165) is 4.47 Å². The zero-order valence-corrected chi connectivity index (χ0v) is 9.61. The first-order chi connectivity index (χ1) is 7.00. The van der Waals surface area contributed by atoms with Crippen molar-refractivity contribution in [3.63, 3.8) is 0 Å². The minimum absolute atomic E-state index is 0.397. The summed E-state index contributed by atoms with van der Waals surface area (Å²) in [6.07, 6.45) is 0. The SMILES string of the molecule is C[C@@H](NC(=O)c1cccc(Br)c1)C(=O)O. The van der Waals surface area contributed by atoms with Gasteiger partial charge in [0.15, 0.2) is 0 Å². The van der Waals surface area contributed by atoms with E-state index in [2.05, 4.69) is 21.2 Å². The second-order valence-electron chi connectivity index (χ2n) is 3.04. The lowest BCUT2D eigenvalue weighted by Gasteiger charge is -2.09. The van der Waals surface area contributed by atoms with E-state index in [9.17, 15) is 9.59 Å². The van der Waals surface area contributed by atoms with Crippen molar-refractivity contribution in [2.45, 2.75) is 13.0 Å². The first-order valence-corrected chi connectivity index (χ1v) is 5.09. The Bertz CT molecular complexity index is 392. The van der Waals surface area contributed by atoms with Crippen molar-refractivity contribution in [3.05, 3.63) is 34.3 Å². The average Bonchev–Trinajstić information content (AvgIpc) is 2.17. The van der Waals surface area contributed by atoms with Gasteiger partial charge in [0.05, 0.1) is 0 Å². The smallest absolute Gasteiger partial charge is 0.325 e. The van der Waals surface area contributed by atoms with Crippen molar-refractivity contribution >= 4 is 27.8 Å². The van der Waals surface area contributed by atoms with Crippen LogP contribution >= 0.6 is 15.9 Å². The Morgan fingerprint density at radius 3 is 2.67 bits per heavy atom. The number of carbonyl (C=O) groups is 2. The van der Waals surface area contributed by atoms with Gasteiger partial charge in [-0.1, -0.05) is 22.0 Å². The normalized spacial score (nSPS) is 11.9. The maximum absolute atomic E-state index is 11.5. The molecule has 0 aliphatic rings. The third kappa shape index (κ3) is 3.36. The molecule has 2 N–H and O–H groups in total. The fraction of sp³-hybridized carbons (Fsp3) is 0.200. The molecule has 15 heavy (non-hydrogen) atoms. The van der Waals surface area contributed by atoms with Crippen LogP contribution in [0.3, 0.4) is 0 Å². The highest BCUT2D eigenvalue weighted by Gasteiger charge is 2.14. The molecule has 0 unspecified atom stereocenters. The summed E-state index contributed by atoms with van der Waals surface area (Å²) in [7, 11) is 0. The van der Waals surface area contributed by atoms with Gasteiger partial charge in [-0.05, 0) is 25.1 Å². The summed E-state index contributed by atoms with van der Waals surface area (Å²) < 4.78 is 0.776. The number of benzene rings is 1. The van der Waals surface area contributed by atoms with Crippen molar-refractivity contribution in [3.8, 4) is 0 Å². The maximum Gasteiger partial charge on any atom is 0.325 e. The molecule has 1 amide bonds. The van der Waals surface area contributed by atoms with Gasteiger partial charge in [-0.2, -0.15) is 0 Å². The summed E-state index contributed by atoms with van der Waals surface area (Å²) >= 11 is 3.23. The molecular weight excluding hydrogens is 262 g/mol. The maximum atomic E-state index is 11.5. The van der Waals surface area contributed by atoms with Crippen LogP contribution in [0.5, 0.6) is 0 Å². The fourth-order valence-corrected chi connectivity index (χ4v) is 1.37. The second kappa shape index (κ2) is 4.93. The zero-order valence-electron chi connectivity index (χ0n) is 8.03. The monoisotopic (exact) mass is 271 g/mol. The van der Waals surface area contributed by atoms with Crippen LogP contribution in [-0.2, 0) is 4.79 Å². The van der Waals surface area contributed by atoms with E-state index in [1.54, 1.807) is 24.3 Å². The lowest BCUT2D eigenvalue weighted by Crippen LogP contribution is -2.38. The summed E-state index contributed by atoms with van der Waals surface area (Å²) in [5.41, 5.74) is 0.428. The van der Waals surface area contributed by atoms with Crippen LogP contribution in [0.15, 0.2) is 28.7 Å². The van der Waals surface area contributed by atoms with Crippen LogP contribution in [0.2, 0.25) is 0 Å². The van der Waals surface area contributed by atoms with Gasteiger partial charge < -0.3 is 10.4 Å². The third-order valence-corrected chi connectivity index (χ3v) is 2.30. The van der Waals surface area contributed by atoms with E-state index >= 15 is 0 Å². The van der Waals surface area contributed by atoms with Gasteiger partial charge >= 0.3 is 5.97 Å². The topological polar surface area (TPSA) is 66.4 Å². The lowest BCUT2D eigenvalue weighted by molar-refractivity contribution is -0.138. The molecule has 0 aromatic heterocycles. The van der Waals surface area contributed by atoms with Crippen LogP contribution < -0.4 is 5.32 Å². The Kier molecular flexibility index (Phi) is 3.85. The molecule has 0 saturated carbocycles. The predicted molar refractivity (Wildman–Crippen MR) is 58.7 cm³/mol. The molecule has 0 aliphatic carbocycles. The van der Waals surface area contributed by atoms with Gasteiger partial charge in [0, 0.05) is 10.0 Å². The number of hydrogen-bond acceptors (Lipinski definition) is 2. The summed E-state index contributed by atoms with van der Waals surface area (Å²) in [4.78, 5) is 22.0. The molecule has 0 saturated heterocycles. The number of aliphatic carboxylic acids is 1. The van der Waals surface area contributed by atoms with Gasteiger partial charge in [-0.3, -0.25) is 9.59 Å². The van der Waals surface area contributed by atoms with E-state index in [0.29, 0.717) is 5.56 Å². The molecule has 0 fully saturated rings. The van der Waals surface area contributed by atoms with Crippen LogP contribution in [0.4, 0.5) is 0 Å². The molecular formula is C10H10BrNO3. The number of nitrogens with one attached hydrogen (secondary N) is 1. The van der Waals surface area contributed by atoms with E-state index in [1.165, 1.54) is 6.92 Å². The number of carbonyl (C=O) groups excluding carboxylic acids is 1. The third-order valence-electron chi connectivity index (χ3n) is 1.80. The number of hydrogen-bond donors (Lipinski definition) is 2. The Balaban J connectivity index is 2.73. The molecule has 0 spiro atoms. The summed E-state index contributed by atoms with van der Waals surface area (Å²) in [6.45, 7) is 1.41. The summed E-state index contributed by atoms with van der Waals surface area (Å²) in [5.74, 6) is -1.45. The molecule has 80 valence electrons. The van der Waals surface area contributed by atoms with Gasteiger partial charge in [-0.15, -0.1) is 0 Å². The minimum atomic E-state index is -1.06. The second-order valence-corrected chi connectivity index (χ2v) is 3.96. The Labute approximate surface area is 95.4 Å². The Hall–Kier alpha value is -1.36. The molecule has 1 atom stereocenters. The van der Waals surface area contributed by atoms with Crippen molar-refractivity contribution in [1.29, 1.82) is 0 Å². The molecule has 0 aliphatic heterocycles. The molecule has 1 rings (SSSR count). The summed E-state index contributed by atoms with van der Waals surface area (Å²) in [6, 6.07) is 5.86. The van der Waals surface area contributed by atoms with E-state index in [4.69, 9.17) is 5.11 Å². The molecule has 4 nitrogen and oxygen atoms in total. The van der Waals surface area contributed by atoms with Crippen molar-refractivity contribution in [2.75, 3.05) is 0 Å². The van der Waals surface area contributed by atoms with Crippen molar-refractivity contribution in [2.24, 2.45) is 0 Å². The lowest BCUT2D eigenvalue weighted by atomic mass is 10.2. The van der Waals surface area contributed by atoms with Crippen molar-refractivity contribution in [1.82, 2.24) is 5.32 Å². The Morgan fingerprint density at radius 1 is 1.47 bits per heavy atom. The van der Waals surface area contributed by atoms with E-state index in [1.807, 2.05) is 0 Å². The number of carboxylic acid groups (broad SMARTS) is 1. The number of amides is 1. The van der Waals surface area contributed by atoms with Crippen molar-refractivity contribution < 1.29 is 14.7 Å². The number of rotatable bonds is 3. The predicted octanol–water partition coefficient (Wildman–Crippen LogP) is 1.65. The zero-order chi connectivity index (χ0) is 11.4. The van der Waals surface area contributed by atoms with Gasteiger partial charge in [-0.25, -0.2) is 0 Å². The highest BCUT2D eigenvalue weighted by atomic mass is 79.9. The molecule has 1 aromatic carbocycles. The average molecular weight is 272 g/mol. The van der Waals surface area contributed by atoms with Crippen LogP contribution in [0, 0.1) is 0 Å². The number of halogens is 1. The van der Waals surface area contributed by atoms with E-state index in [-0.39, 0.29) is 0 Å². The van der Waals surface area contributed by atoms with Gasteiger partial charge in [0.2, 0.25) is 0 Å². The quantitative estimate of drug-likeness (QED) is 0.879. The molecule has 0 heterocycles. The van der Waals surface area contributed by atoms with Crippen LogP contribution in [0.25, 0.3) is 0 Å². The van der Waals surface area contributed by atoms with E-state index < -0.39 is 17.9 Å². The van der Waals surface area contributed by atoms with Gasteiger partial charge in [0.1, 0.15) is 6.04 Å². The highest BCUT2D eigenvalue weighted by molar-refractivity contribution is 9.10. The minimum Gasteiger partial charge on any atom is -0.480 e. The standard InChI is InChI=1S/C10H10BrNO3/c1-6(10(14)15)12-9(13)7-3-2-4-8(11)5-7/h2-6H,1H3,(H,12,13)(H,14,15)/t6-/m1/s1.